The number of para-hydroxylation sites is 1. The summed E-state index contributed by atoms with van der Waals surface area (Å²) in [5.74, 6) is 0.830. The van der Waals surface area contributed by atoms with Crippen molar-refractivity contribution in [2.24, 2.45) is 0 Å². The van der Waals surface area contributed by atoms with Gasteiger partial charge in [0, 0.05) is 7.11 Å². The number of methoxy groups -OCH3 is 1. The van der Waals surface area contributed by atoms with E-state index in [4.69, 9.17) is 14.2 Å². The number of hydrogen-bond acceptors (Lipinski definition) is 4. The first kappa shape index (κ1) is 14.1. The number of hydrogen-bond donors (Lipinski definition) is 0. The highest BCUT2D eigenvalue weighted by atomic mass is 16.5. The summed E-state index contributed by atoms with van der Waals surface area (Å²) in [7, 11) is 1.62. The maximum absolute atomic E-state index is 11.9. The van der Waals surface area contributed by atoms with Gasteiger partial charge < -0.3 is 14.2 Å². The van der Waals surface area contributed by atoms with Crippen LogP contribution in [0.25, 0.3) is 0 Å². The zero-order valence-electron chi connectivity index (χ0n) is 11.2. The number of carbonyl (C=O) groups is 1. The maximum Gasteiger partial charge on any atom is 0.343 e. The van der Waals surface area contributed by atoms with Crippen molar-refractivity contribution < 1.29 is 19.0 Å². The number of carbonyl (C=O) groups excluding carboxylic acids is 1. The molecule has 0 heterocycles. The average Bonchev–Trinajstić information content (AvgIpc) is 2.49. The van der Waals surface area contributed by atoms with Gasteiger partial charge in [-0.05, 0) is 36.4 Å². The largest absolute Gasteiger partial charge is 0.491 e. The lowest BCUT2D eigenvalue weighted by Gasteiger charge is -2.07. The fourth-order valence-corrected chi connectivity index (χ4v) is 1.58. The number of ether oxygens (including phenoxy) is 3. The summed E-state index contributed by atoms with van der Waals surface area (Å²) < 4.78 is 15.6. The molecule has 2 aromatic rings. The molecule has 0 unspecified atom stereocenters. The fourth-order valence-electron chi connectivity index (χ4n) is 1.58. The van der Waals surface area contributed by atoms with Crippen LogP contribution in [0.1, 0.15) is 10.4 Å². The summed E-state index contributed by atoms with van der Waals surface area (Å²) >= 11 is 0. The van der Waals surface area contributed by atoms with Crippen molar-refractivity contribution in [2.75, 3.05) is 20.3 Å². The maximum atomic E-state index is 11.9. The Balaban J connectivity index is 1.94. The lowest BCUT2D eigenvalue weighted by Crippen LogP contribution is -2.08. The van der Waals surface area contributed by atoms with Crippen LogP contribution in [0.5, 0.6) is 11.5 Å². The minimum atomic E-state index is -0.389. The van der Waals surface area contributed by atoms with Crippen molar-refractivity contribution in [3.8, 4) is 11.5 Å². The Morgan fingerprint density at radius 1 is 0.900 bits per heavy atom. The van der Waals surface area contributed by atoms with Crippen LogP contribution in [-0.4, -0.2) is 26.3 Å². The van der Waals surface area contributed by atoms with Crippen LogP contribution < -0.4 is 9.47 Å². The highest BCUT2D eigenvalue weighted by Crippen LogP contribution is 2.15. The van der Waals surface area contributed by atoms with E-state index >= 15 is 0 Å². The van der Waals surface area contributed by atoms with E-state index in [-0.39, 0.29) is 5.97 Å². The van der Waals surface area contributed by atoms with Gasteiger partial charge in [-0.2, -0.15) is 0 Å². The molecule has 0 radical (unpaired) electrons. The van der Waals surface area contributed by atoms with Crippen molar-refractivity contribution in [2.45, 2.75) is 0 Å². The molecule has 0 N–H and O–H groups in total. The third-order valence-corrected chi connectivity index (χ3v) is 2.60. The Labute approximate surface area is 117 Å². The molecule has 0 bridgehead atoms. The molecule has 0 aliphatic carbocycles. The van der Waals surface area contributed by atoms with Crippen LogP contribution >= 0.6 is 0 Å². The second kappa shape index (κ2) is 7.31. The van der Waals surface area contributed by atoms with Crippen molar-refractivity contribution in [3.05, 3.63) is 60.2 Å². The molecule has 104 valence electrons. The molecule has 2 rings (SSSR count). The summed E-state index contributed by atoms with van der Waals surface area (Å²) in [5, 5.41) is 0. The van der Waals surface area contributed by atoms with Crippen LogP contribution in [-0.2, 0) is 4.74 Å². The SMILES string of the molecule is COCCOc1ccc(C(=O)Oc2ccccc2)cc1. The molecule has 20 heavy (non-hydrogen) atoms. The molecule has 4 nitrogen and oxygen atoms in total. The highest BCUT2D eigenvalue weighted by Gasteiger charge is 2.08. The quantitative estimate of drug-likeness (QED) is 0.461. The second-order valence-electron chi connectivity index (χ2n) is 4.07. The Morgan fingerprint density at radius 3 is 2.25 bits per heavy atom. The Morgan fingerprint density at radius 2 is 1.60 bits per heavy atom. The lowest BCUT2D eigenvalue weighted by molar-refractivity contribution is 0.0734. The normalized spacial score (nSPS) is 10.1. The van der Waals surface area contributed by atoms with Gasteiger partial charge >= 0.3 is 5.97 Å². The zero-order chi connectivity index (χ0) is 14.2. The minimum Gasteiger partial charge on any atom is -0.491 e. The smallest absolute Gasteiger partial charge is 0.343 e. The van der Waals surface area contributed by atoms with E-state index < -0.39 is 0 Å². The minimum absolute atomic E-state index is 0.389. The van der Waals surface area contributed by atoms with E-state index in [1.54, 1.807) is 43.5 Å². The third kappa shape index (κ3) is 4.10. The zero-order valence-corrected chi connectivity index (χ0v) is 11.2. The van der Waals surface area contributed by atoms with E-state index in [1.807, 2.05) is 18.2 Å². The molecule has 0 spiro atoms. The van der Waals surface area contributed by atoms with Crippen molar-refractivity contribution >= 4 is 5.97 Å². The van der Waals surface area contributed by atoms with Crippen LogP contribution in [0.2, 0.25) is 0 Å². The Hall–Kier alpha value is -2.33. The number of esters is 1. The molecule has 0 amide bonds. The predicted octanol–water partition coefficient (Wildman–Crippen LogP) is 2.93. The number of rotatable bonds is 6. The van der Waals surface area contributed by atoms with Gasteiger partial charge in [-0.25, -0.2) is 4.79 Å². The predicted molar refractivity (Wildman–Crippen MR) is 75.2 cm³/mol. The summed E-state index contributed by atoms with van der Waals surface area (Å²) in [5.41, 5.74) is 0.480. The van der Waals surface area contributed by atoms with Crippen LogP contribution in [0.15, 0.2) is 54.6 Å². The lowest BCUT2D eigenvalue weighted by atomic mass is 10.2. The monoisotopic (exact) mass is 272 g/mol. The van der Waals surface area contributed by atoms with Crippen LogP contribution in [0.3, 0.4) is 0 Å². The van der Waals surface area contributed by atoms with Gasteiger partial charge in [-0.1, -0.05) is 18.2 Å². The Kier molecular flexibility index (Phi) is 5.15. The summed E-state index contributed by atoms with van der Waals surface area (Å²) in [6.45, 7) is 1.00. The van der Waals surface area contributed by atoms with Gasteiger partial charge in [0.05, 0.1) is 12.2 Å². The van der Waals surface area contributed by atoms with Gasteiger partial charge in [0.25, 0.3) is 0 Å². The van der Waals surface area contributed by atoms with E-state index in [1.165, 1.54) is 0 Å². The van der Waals surface area contributed by atoms with Gasteiger partial charge in [-0.3, -0.25) is 0 Å². The molecule has 2 aromatic carbocycles. The van der Waals surface area contributed by atoms with Crippen molar-refractivity contribution in [1.29, 1.82) is 0 Å². The molecular weight excluding hydrogens is 256 g/mol. The molecule has 0 saturated heterocycles. The summed E-state index contributed by atoms with van der Waals surface area (Å²) in [6.07, 6.45) is 0. The molecule has 0 fully saturated rings. The third-order valence-electron chi connectivity index (χ3n) is 2.60. The highest BCUT2D eigenvalue weighted by molar-refractivity contribution is 5.91. The molecule has 0 aliphatic heterocycles. The first-order valence-electron chi connectivity index (χ1n) is 6.28. The van der Waals surface area contributed by atoms with Crippen LogP contribution in [0, 0.1) is 0 Å². The number of benzene rings is 2. The van der Waals surface area contributed by atoms with Gasteiger partial charge in [0.15, 0.2) is 0 Å². The molecule has 0 saturated carbocycles. The first-order chi connectivity index (χ1) is 9.79. The topological polar surface area (TPSA) is 44.8 Å². The van der Waals surface area contributed by atoms with E-state index in [2.05, 4.69) is 0 Å². The molecule has 4 heteroatoms. The molecular formula is C16H16O4. The molecule has 0 aromatic heterocycles. The summed E-state index contributed by atoms with van der Waals surface area (Å²) in [6, 6.07) is 15.8. The van der Waals surface area contributed by atoms with Crippen molar-refractivity contribution in [3.63, 3.8) is 0 Å². The van der Waals surface area contributed by atoms with E-state index in [0.29, 0.717) is 30.3 Å². The van der Waals surface area contributed by atoms with Crippen LogP contribution in [0.4, 0.5) is 0 Å². The Bertz CT molecular complexity index is 534. The van der Waals surface area contributed by atoms with Crippen molar-refractivity contribution in [1.82, 2.24) is 0 Å². The fraction of sp³-hybridized carbons (Fsp3) is 0.188. The van der Waals surface area contributed by atoms with Gasteiger partial charge in [-0.15, -0.1) is 0 Å². The second-order valence-corrected chi connectivity index (χ2v) is 4.07. The van der Waals surface area contributed by atoms with E-state index in [0.717, 1.165) is 0 Å². The molecule has 0 aliphatic rings. The van der Waals surface area contributed by atoms with E-state index in [9.17, 15) is 4.79 Å². The van der Waals surface area contributed by atoms with Gasteiger partial charge in [0.1, 0.15) is 18.1 Å². The first-order valence-corrected chi connectivity index (χ1v) is 6.28. The molecule has 0 atom stereocenters. The average molecular weight is 272 g/mol. The summed E-state index contributed by atoms with van der Waals surface area (Å²) in [4.78, 5) is 11.9. The van der Waals surface area contributed by atoms with Gasteiger partial charge in [0.2, 0.25) is 0 Å². The standard InChI is InChI=1S/C16H16O4/c1-18-11-12-19-14-9-7-13(8-10-14)16(17)20-15-5-3-2-4-6-15/h2-10H,11-12H2,1H3.